The molecule has 1 N–H and O–H groups in total. The molecule has 3 unspecified atom stereocenters. The van der Waals surface area contributed by atoms with Crippen molar-refractivity contribution >= 4 is 0 Å². The van der Waals surface area contributed by atoms with Crippen molar-refractivity contribution in [2.75, 3.05) is 26.7 Å². The summed E-state index contributed by atoms with van der Waals surface area (Å²) in [6.07, 6.45) is 10.1. The number of nitrogens with zero attached hydrogens (tertiary/aromatic N) is 1. The first-order valence-electron chi connectivity index (χ1n) is 7.68. The van der Waals surface area contributed by atoms with Crippen molar-refractivity contribution < 1.29 is 0 Å². The third kappa shape index (κ3) is 3.96. The summed E-state index contributed by atoms with van der Waals surface area (Å²) >= 11 is 0. The predicted molar refractivity (Wildman–Crippen MR) is 74.3 cm³/mol. The average Bonchev–Trinajstić information content (AvgIpc) is 2.55. The third-order valence-electron chi connectivity index (χ3n) is 4.79. The summed E-state index contributed by atoms with van der Waals surface area (Å²) in [5, 5.41) is 3.35. The maximum atomic E-state index is 3.35. The number of rotatable bonds is 3. The molecule has 17 heavy (non-hydrogen) atoms. The zero-order valence-corrected chi connectivity index (χ0v) is 11.8. The molecule has 0 aromatic rings. The second-order valence-corrected chi connectivity index (χ2v) is 6.33. The van der Waals surface area contributed by atoms with Crippen LogP contribution in [0.4, 0.5) is 0 Å². The minimum Gasteiger partial charge on any atom is -0.319 e. The van der Waals surface area contributed by atoms with E-state index in [-0.39, 0.29) is 0 Å². The molecule has 0 amide bonds. The minimum atomic E-state index is 0.898. The van der Waals surface area contributed by atoms with E-state index in [1.165, 1.54) is 64.6 Å². The van der Waals surface area contributed by atoms with Crippen molar-refractivity contribution in [2.24, 2.45) is 11.8 Å². The monoisotopic (exact) mass is 238 g/mol. The number of hydrogen-bond donors (Lipinski definition) is 1. The first-order valence-corrected chi connectivity index (χ1v) is 7.68. The Hall–Kier alpha value is -0.0800. The van der Waals surface area contributed by atoms with Gasteiger partial charge in [0.05, 0.1) is 0 Å². The first-order chi connectivity index (χ1) is 8.29. The highest BCUT2D eigenvalue weighted by atomic mass is 15.2. The fourth-order valence-electron chi connectivity index (χ4n) is 3.72. The van der Waals surface area contributed by atoms with Gasteiger partial charge in [-0.25, -0.2) is 0 Å². The van der Waals surface area contributed by atoms with Gasteiger partial charge in [0.25, 0.3) is 0 Å². The zero-order valence-electron chi connectivity index (χ0n) is 11.8. The molecule has 0 radical (unpaired) electrons. The van der Waals surface area contributed by atoms with Crippen LogP contribution in [0.2, 0.25) is 0 Å². The highest BCUT2D eigenvalue weighted by molar-refractivity contribution is 4.82. The summed E-state index contributed by atoms with van der Waals surface area (Å²) in [6.45, 7) is 6.35. The normalized spacial score (nSPS) is 36.7. The van der Waals surface area contributed by atoms with Crippen LogP contribution in [0.5, 0.6) is 0 Å². The van der Waals surface area contributed by atoms with Crippen molar-refractivity contribution in [1.82, 2.24) is 10.2 Å². The van der Waals surface area contributed by atoms with Gasteiger partial charge in [-0.3, -0.25) is 0 Å². The molecule has 2 aliphatic rings. The van der Waals surface area contributed by atoms with E-state index in [9.17, 15) is 0 Å². The summed E-state index contributed by atoms with van der Waals surface area (Å²) in [5.41, 5.74) is 0. The summed E-state index contributed by atoms with van der Waals surface area (Å²) in [5.74, 6) is 1.87. The minimum absolute atomic E-state index is 0.898. The van der Waals surface area contributed by atoms with Crippen LogP contribution < -0.4 is 5.32 Å². The number of hydrogen-bond acceptors (Lipinski definition) is 2. The topological polar surface area (TPSA) is 15.3 Å². The smallest absolute Gasteiger partial charge is 0.00954 e. The Labute approximate surface area is 107 Å². The van der Waals surface area contributed by atoms with E-state index >= 15 is 0 Å². The largest absolute Gasteiger partial charge is 0.319 e. The van der Waals surface area contributed by atoms with E-state index in [1.807, 2.05) is 0 Å². The Morgan fingerprint density at radius 3 is 2.76 bits per heavy atom. The first kappa shape index (κ1) is 13.4. The van der Waals surface area contributed by atoms with Gasteiger partial charge in [0.1, 0.15) is 0 Å². The predicted octanol–water partition coefficient (Wildman–Crippen LogP) is 2.89. The van der Waals surface area contributed by atoms with Gasteiger partial charge in [-0.2, -0.15) is 0 Å². The molecule has 2 rings (SSSR count). The van der Waals surface area contributed by atoms with Crippen molar-refractivity contribution in [3.05, 3.63) is 0 Å². The third-order valence-corrected chi connectivity index (χ3v) is 4.79. The summed E-state index contributed by atoms with van der Waals surface area (Å²) < 4.78 is 0. The van der Waals surface area contributed by atoms with E-state index in [2.05, 4.69) is 24.2 Å². The Morgan fingerprint density at radius 2 is 1.94 bits per heavy atom. The van der Waals surface area contributed by atoms with Crippen molar-refractivity contribution in [2.45, 2.75) is 57.9 Å². The van der Waals surface area contributed by atoms with Crippen LogP contribution in [0.15, 0.2) is 0 Å². The molecule has 1 aliphatic carbocycles. The standard InChI is InChI=1S/C15H30N2/c1-13-5-3-7-15(9-8-13)17-10-4-6-14(12-17)11-16-2/h13-16H,3-12H2,1-2H3. The average molecular weight is 238 g/mol. The maximum Gasteiger partial charge on any atom is 0.00954 e. The molecular weight excluding hydrogens is 208 g/mol. The van der Waals surface area contributed by atoms with Gasteiger partial charge in [-0.15, -0.1) is 0 Å². The maximum absolute atomic E-state index is 3.35. The quantitative estimate of drug-likeness (QED) is 0.761. The molecule has 1 aliphatic heterocycles. The molecular formula is C15H30N2. The molecule has 1 saturated heterocycles. The van der Waals surface area contributed by atoms with E-state index in [1.54, 1.807) is 0 Å². The second-order valence-electron chi connectivity index (χ2n) is 6.33. The number of likely N-dealkylation sites (tertiary alicyclic amines) is 1. The molecule has 2 fully saturated rings. The lowest BCUT2D eigenvalue weighted by molar-refractivity contribution is 0.112. The van der Waals surface area contributed by atoms with Crippen LogP contribution in [0.25, 0.3) is 0 Å². The van der Waals surface area contributed by atoms with Crippen molar-refractivity contribution in [1.29, 1.82) is 0 Å². The van der Waals surface area contributed by atoms with Crippen LogP contribution in [0.3, 0.4) is 0 Å². The molecule has 3 atom stereocenters. The fourth-order valence-corrected chi connectivity index (χ4v) is 3.72. The van der Waals surface area contributed by atoms with Crippen LogP contribution in [-0.4, -0.2) is 37.6 Å². The van der Waals surface area contributed by atoms with Gasteiger partial charge in [0.15, 0.2) is 0 Å². The van der Waals surface area contributed by atoms with E-state index in [0.717, 1.165) is 17.9 Å². The molecule has 0 aromatic carbocycles. The van der Waals surface area contributed by atoms with Gasteiger partial charge < -0.3 is 10.2 Å². The lowest BCUT2D eigenvalue weighted by Gasteiger charge is -2.38. The van der Waals surface area contributed by atoms with Crippen molar-refractivity contribution in [3.63, 3.8) is 0 Å². The van der Waals surface area contributed by atoms with Crippen LogP contribution in [-0.2, 0) is 0 Å². The Morgan fingerprint density at radius 1 is 1.06 bits per heavy atom. The van der Waals surface area contributed by atoms with Crippen molar-refractivity contribution in [3.8, 4) is 0 Å². The van der Waals surface area contributed by atoms with Gasteiger partial charge in [-0.05, 0) is 64.1 Å². The summed E-state index contributed by atoms with van der Waals surface area (Å²) in [4.78, 5) is 2.81. The van der Waals surface area contributed by atoms with Gasteiger partial charge in [0.2, 0.25) is 0 Å². The highest BCUT2D eigenvalue weighted by Gasteiger charge is 2.26. The van der Waals surface area contributed by atoms with Crippen LogP contribution in [0.1, 0.15) is 51.9 Å². The Balaban J connectivity index is 1.83. The Kier molecular flexibility index (Phi) is 5.30. The fraction of sp³-hybridized carbons (Fsp3) is 1.00. The summed E-state index contributed by atoms with van der Waals surface area (Å²) in [6, 6.07) is 0.902. The summed E-state index contributed by atoms with van der Waals surface area (Å²) in [7, 11) is 2.09. The van der Waals surface area contributed by atoms with E-state index in [4.69, 9.17) is 0 Å². The van der Waals surface area contributed by atoms with E-state index in [0.29, 0.717) is 0 Å². The van der Waals surface area contributed by atoms with Gasteiger partial charge in [-0.1, -0.05) is 19.8 Å². The molecule has 2 heteroatoms. The van der Waals surface area contributed by atoms with Gasteiger partial charge >= 0.3 is 0 Å². The van der Waals surface area contributed by atoms with Crippen LogP contribution in [0, 0.1) is 11.8 Å². The molecule has 1 heterocycles. The van der Waals surface area contributed by atoms with E-state index < -0.39 is 0 Å². The Bertz CT molecular complexity index is 215. The second kappa shape index (κ2) is 6.75. The lowest BCUT2D eigenvalue weighted by atomic mass is 9.94. The number of nitrogens with one attached hydrogen (secondary N) is 1. The molecule has 0 aromatic heterocycles. The highest BCUT2D eigenvalue weighted by Crippen LogP contribution is 2.28. The molecule has 0 bridgehead atoms. The lowest BCUT2D eigenvalue weighted by Crippen LogP contribution is -2.44. The van der Waals surface area contributed by atoms with Crippen LogP contribution >= 0.6 is 0 Å². The molecule has 0 spiro atoms. The zero-order chi connectivity index (χ0) is 12.1. The molecule has 2 nitrogen and oxygen atoms in total. The number of piperidine rings is 1. The van der Waals surface area contributed by atoms with Gasteiger partial charge in [0, 0.05) is 12.6 Å². The molecule has 1 saturated carbocycles. The molecule has 100 valence electrons. The SMILES string of the molecule is CNCC1CCCN(C2CCCC(C)CC2)C1.